The summed E-state index contributed by atoms with van der Waals surface area (Å²) in [7, 11) is 2.55. The van der Waals surface area contributed by atoms with Crippen LogP contribution in [0.15, 0.2) is 37.6 Å². The molecule has 0 fully saturated rings. The van der Waals surface area contributed by atoms with Crippen molar-refractivity contribution >= 4 is 95.1 Å². The van der Waals surface area contributed by atoms with E-state index >= 15 is 0 Å². The number of aliphatic hydroxyl groups excluding tert-OH is 11. The van der Waals surface area contributed by atoms with Gasteiger partial charge in [-0.2, -0.15) is 0 Å². The maximum absolute atomic E-state index is 10.2. The molecule has 0 aliphatic rings. The van der Waals surface area contributed by atoms with Crippen LogP contribution in [0, 0.1) is 32.5 Å². The molecule has 0 saturated carbocycles. The Hall–Kier alpha value is -3.46. The lowest BCUT2D eigenvalue weighted by molar-refractivity contribution is 0.236. The topological polar surface area (TPSA) is 427 Å². The fourth-order valence-corrected chi connectivity index (χ4v) is 16.2. The van der Waals surface area contributed by atoms with Crippen LogP contribution in [-0.4, -0.2) is 253 Å². The normalized spacial score (nSPS) is 14.6. The largest absolute Gasteiger partial charge is 0.391 e. The quantitative estimate of drug-likeness (QED) is 0.0245. The molecule has 9 unspecified atom stereocenters. The van der Waals surface area contributed by atoms with Crippen LogP contribution in [-0.2, 0) is 0 Å². The SMILES string of the molecule is C=CC(O)C(C)=N.CC(=N)C(C)O.CC(=N)C(O)[Si](C)(C)C.CC(=N)CO.CCC(O)C(C)=N.CCC(O)C(C)=NC.CC[Si](CC)(CC)C(O)C(C)=N.CC[Si](CC)(CC)C(O)C(C)=NC.CN=C(C)C(C)O.CN=C(C)C(O)[Si](C)(C)C.CN=C(C)CO. The number of aliphatic imine (C=N–C) groups is 5. The summed E-state index contributed by atoms with van der Waals surface area (Å²) in [6.07, 6.45) is 0.177. The molecule has 22 nitrogen and oxygen atoms in total. The number of nitrogens with zero attached hydrogens (tertiary/aromatic N) is 5. The molecule has 0 aliphatic carbocycles. The van der Waals surface area contributed by atoms with E-state index in [2.05, 4.69) is 112 Å². The Labute approximate surface area is 554 Å². The predicted octanol–water partition coefficient (Wildman–Crippen LogP) is 10.7. The van der Waals surface area contributed by atoms with Crippen molar-refractivity contribution in [3.63, 3.8) is 0 Å². The second kappa shape index (κ2) is 65.6. The number of aliphatic hydroxyl groups is 11. The van der Waals surface area contributed by atoms with E-state index in [-0.39, 0.29) is 42.6 Å². The third-order valence-electron chi connectivity index (χ3n) is 14.5. The Morgan fingerprint density at radius 1 is 0.378 bits per heavy atom. The van der Waals surface area contributed by atoms with Gasteiger partial charge in [0, 0.05) is 98.1 Å². The summed E-state index contributed by atoms with van der Waals surface area (Å²) in [6.45, 7) is 54.7. The summed E-state index contributed by atoms with van der Waals surface area (Å²) in [6, 6.07) is 6.68. The van der Waals surface area contributed by atoms with Crippen molar-refractivity contribution in [1.29, 1.82) is 32.5 Å². The van der Waals surface area contributed by atoms with E-state index in [4.69, 9.17) is 68.2 Å². The van der Waals surface area contributed by atoms with E-state index in [1.54, 1.807) is 97.6 Å². The molecule has 0 bridgehead atoms. The van der Waals surface area contributed by atoms with Gasteiger partial charge in [0.1, 0.15) is 6.10 Å². The van der Waals surface area contributed by atoms with Crippen LogP contribution in [0.25, 0.3) is 0 Å². The van der Waals surface area contributed by atoms with Crippen LogP contribution in [0.2, 0.25) is 75.5 Å². The lowest BCUT2D eigenvalue weighted by atomic mass is 10.2. The molecular weight excluding hydrogens is 1210 g/mol. The van der Waals surface area contributed by atoms with Crippen LogP contribution in [0.4, 0.5) is 0 Å². The Morgan fingerprint density at radius 2 is 0.656 bits per heavy atom. The maximum Gasteiger partial charge on any atom is 0.109 e. The summed E-state index contributed by atoms with van der Waals surface area (Å²) in [4.78, 5) is 19.3. The minimum absolute atomic E-state index is 0.0799. The fourth-order valence-electron chi connectivity index (χ4n) is 6.27. The van der Waals surface area contributed by atoms with Crippen LogP contribution in [0.3, 0.4) is 0 Å². The molecule has 0 saturated heterocycles. The molecule has 26 heteroatoms. The van der Waals surface area contributed by atoms with Crippen LogP contribution < -0.4 is 0 Å². The Kier molecular flexibility index (Phi) is 80.9. The molecule has 90 heavy (non-hydrogen) atoms. The summed E-state index contributed by atoms with van der Waals surface area (Å²) in [5.74, 6) is 0. The molecule has 9 atom stereocenters. The highest BCUT2D eigenvalue weighted by Gasteiger charge is 2.37. The fraction of sp³-hybridized carbons (Fsp3) is 0.797. The van der Waals surface area contributed by atoms with E-state index in [1.165, 1.54) is 13.0 Å². The van der Waals surface area contributed by atoms with E-state index in [9.17, 15) is 20.4 Å². The zero-order chi connectivity index (χ0) is 74.9. The van der Waals surface area contributed by atoms with Crippen molar-refractivity contribution < 1.29 is 56.2 Å². The van der Waals surface area contributed by atoms with Gasteiger partial charge in [0.15, 0.2) is 0 Å². The van der Waals surface area contributed by atoms with Crippen molar-refractivity contribution in [3.8, 4) is 0 Å². The first-order valence-electron chi connectivity index (χ1n) is 31.3. The van der Waals surface area contributed by atoms with E-state index in [0.29, 0.717) is 35.0 Å². The van der Waals surface area contributed by atoms with Crippen molar-refractivity contribution in [1.82, 2.24) is 0 Å². The molecule has 0 radical (unpaired) electrons. The number of hydrogen-bond donors (Lipinski definition) is 17. The van der Waals surface area contributed by atoms with Crippen molar-refractivity contribution in [2.24, 2.45) is 25.0 Å². The van der Waals surface area contributed by atoms with Gasteiger partial charge in [-0.05, 0) is 103 Å². The van der Waals surface area contributed by atoms with Crippen molar-refractivity contribution in [2.75, 3.05) is 48.5 Å². The van der Waals surface area contributed by atoms with Gasteiger partial charge in [0.05, 0.1) is 92.8 Å². The molecule has 0 aromatic rings. The first-order valence-corrected chi connectivity index (χ1v) is 43.8. The molecular formula is C64H145N11O11Si4. The van der Waals surface area contributed by atoms with Crippen LogP contribution in [0.5, 0.6) is 0 Å². The first-order chi connectivity index (χ1) is 40.8. The molecule has 0 spiro atoms. The Bertz CT molecular complexity index is 2000. The highest BCUT2D eigenvalue weighted by Crippen LogP contribution is 2.26. The second-order valence-electron chi connectivity index (χ2n) is 24.0. The van der Waals surface area contributed by atoms with Gasteiger partial charge in [0.2, 0.25) is 0 Å². The average Bonchev–Trinajstić information content (AvgIpc) is 1.39. The van der Waals surface area contributed by atoms with Gasteiger partial charge in [-0.25, -0.2) is 0 Å². The maximum atomic E-state index is 10.2. The highest BCUT2D eigenvalue weighted by molar-refractivity contribution is 6.84. The molecule has 0 aromatic heterocycles. The predicted molar refractivity (Wildman–Crippen MR) is 407 cm³/mol. The van der Waals surface area contributed by atoms with Crippen molar-refractivity contribution in [3.05, 3.63) is 12.7 Å². The van der Waals surface area contributed by atoms with Crippen LogP contribution in [0.1, 0.15) is 158 Å². The Morgan fingerprint density at radius 3 is 0.722 bits per heavy atom. The monoisotopic (exact) mass is 1360 g/mol. The molecule has 0 heterocycles. The summed E-state index contributed by atoms with van der Waals surface area (Å²) in [5, 5.41) is 140. The van der Waals surface area contributed by atoms with Gasteiger partial charge in [-0.3, -0.25) is 25.0 Å². The summed E-state index contributed by atoms with van der Waals surface area (Å²) in [5.41, 5.74) is 4.79. The minimum Gasteiger partial charge on any atom is -0.391 e. The van der Waals surface area contributed by atoms with Gasteiger partial charge >= 0.3 is 0 Å². The lowest BCUT2D eigenvalue weighted by Gasteiger charge is -2.33. The number of nitrogens with one attached hydrogen (secondary N) is 6. The van der Waals surface area contributed by atoms with Crippen molar-refractivity contribution in [2.45, 2.75) is 287 Å². The standard InChI is InChI=1S/C10H23NOSi.C9H21NOSi.C7H17NOSi.C6H15NOSi.C6H13NO.2C5H11NO.C5H9NO.2C4H9NO.C3H7NO/c1-6-13(7-2,8-3)10(12)9(4)11-5;1-5-12(6-2,7-3)9(11)8(4)10;1-6(8-2)7(9)10(3,4)5;1-5(7)6(8)9(2,3)4;1-4-6(8)5(2)7-3;1-4(6-3)5(2)7;2*1-3-5(7)4(2)6;1-4(3-6)5-2;1-3(5)4(2)6;1-3(4)2-5/h10,12H,6-8H2,1-5H3;9-11H,5-7H2,1-4H3;7,9H,1-5H3;6-8H,1-4H3;6,8H,4H2,1-3H3;5,7H,1-3H3;5-7H,3H2,1-2H3;3,5-7H,1H2,2H3;6H,3H2,1-2H3;4-6H,1-2H3;4-5H,2H2,1H3. The van der Waals surface area contributed by atoms with E-state index < -0.39 is 62.1 Å². The average molecular weight is 1360 g/mol. The smallest absolute Gasteiger partial charge is 0.109 e. The molecule has 0 aromatic carbocycles. The van der Waals surface area contributed by atoms with E-state index in [0.717, 1.165) is 71.2 Å². The first kappa shape index (κ1) is 111. The lowest BCUT2D eigenvalue weighted by Crippen LogP contribution is -2.49. The molecule has 17 N–H and O–H groups in total. The van der Waals surface area contributed by atoms with E-state index in [1.807, 2.05) is 34.6 Å². The molecule has 0 amide bonds. The van der Waals surface area contributed by atoms with Gasteiger partial charge in [-0.1, -0.05) is 137 Å². The zero-order valence-electron chi connectivity index (χ0n) is 63.2. The summed E-state index contributed by atoms with van der Waals surface area (Å²) >= 11 is 0. The van der Waals surface area contributed by atoms with Gasteiger partial charge in [-0.15, -0.1) is 6.58 Å². The highest BCUT2D eigenvalue weighted by atomic mass is 28.3. The number of hydrogen-bond acceptors (Lipinski definition) is 22. The van der Waals surface area contributed by atoms with Gasteiger partial charge < -0.3 is 88.6 Å². The third-order valence-corrected chi connectivity index (χ3v) is 30.3. The molecule has 538 valence electrons. The zero-order valence-corrected chi connectivity index (χ0v) is 67.2. The van der Waals surface area contributed by atoms with Crippen LogP contribution >= 0.6 is 0 Å². The second-order valence-corrected chi connectivity index (χ2v) is 45.3. The summed E-state index contributed by atoms with van der Waals surface area (Å²) < 4.78 is 0. The van der Waals surface area contributed by atoms with Gasteiger partial charge in [0.25, 0.3) is 0 Å². The minimum atomic E-state index is -1.55. The molecule has 0 rings (SSSR count). The number of rotatable bonds is 24. The molecule has 0 aliphatic heterocycles. The third kappa shape index (κ3) is 66.0. The Balaban J connectivity index is -0.0000000857.